The first kappa shape index (κ1) is 20.9. The van der Waals surface area contributed by atoms with Gasteiger partial charge in [-0.05, 0) is 31.9 Å². The molecule has 2 amide bonds. The van der Waals surface area contributed by atoms with Gasteiger partial charge in [0.2, 0.25) is 11.7 Å². The van der Waals surface area contributed by atoms with Gasteiger partial charge in [-0.1, -0.05) is 47.1 Å². The number of anilines is 1. The quantitative estimate of drug-likeness (QED) is 0.598. The number of urea groups is 1. The SMILES string of the molecule is Cc1ccc(-c2noc(C3CCCN(C(=O)Nc4ccccc4C(F)(F)F)C3)n2)cc1. The van der Waals surface area contributed by atoms with E-state index in [1.807, 2.05) is 31.2 Å². The average molecular weight is 430 g/mol. The lowest BCUT2D eigenvalue weighted by atomic mass is 9.98. The molecule has 1 N–H and O–H groups in total. The van der Waals surface area contributed by atoms with Crippen molar-refractivity contribution in [1.82, 2.24) is 15.0 Å². The smallest absolute Gasteiger partial charge is 0.339 e. The standard InChI is InChI=1S/C22H21F3N4O2/c1-14-8-10-15(11-9-14)19-27-20(31-28-19)16-5-4-12-29(13-16)21(30)26-18-7-3-2-6-17(18)22(23,24)25/h2-3,6-11,16H,4-5,12-13H2,1H3,(H,26,30). The van der Waals surface area contributed by atoms with Gasteiger partial charge in [-0.25, -0.2) is 4.79 Å². The molecule has 2 aromatic carbocycles. The van der Waals surface area contributed by atoms with Crippen LogP contribution in [0.25, 0.3) is 11.4 Å². The topological polar surface area (TPSA) is 71.3 Å². The normalized spacial score (nSPS) is 16.9. The third-order valence-electron chi connectivity index (χ3n) is 5.28. The van der Waals surface area contributed by atoms with Crippen molar-refractivity contribution in [2.75, 3.05) is 18.4 Å². The Hall–Kier alpha value is -3.36. The van der Waals surface area contributed by atoms with Crippen LogP contribution in [0, 0.1) is 6.92 Å². The zero-order valence-corrected chi connectivity index (χ0v) is 16.8. The molecule has 6 nitrogen and oxygen atoms in total. The molecule has 3 aromatic rings. The number of benzene rings is 2. The summed E-state index contributed by atoms with van der Waals surface area (Å²) >= 11 is 0. The van der Waals surface area contributed by atoms with Crippen molar-refractivity contribution in [2.45, 2.75) is 31.9 Å². The Bertz CT molecular complexity index is 1060. The van der Waals surface area contributed by atoms with Crippen LogP contribution >= 0.6 is 0 Å². The van der Waals surface area contributed by atoms with Crippen molar-refractivity contribution < 1.29 is 22.5 Å². The Labute approximate surface area is 177 Å². The van der Waals surface area contributed by atoms with Crippen LogP contribution in [0.3, 0.4) is 0 Å². The van der Waals surface area contributed by atoms with Crippen LogP contribution in [-0.4, -0.2) is 34.2 Å². The Morgan fingerprint density at radius 1 is 1.16 bits per heavy atom. The number of alkyl halides is 3. The lowest BCUT2D eigenvalue weighted by Crippen LogP contribution is -2.42. The number of piperidine rings is 1. The summed E-state index contributed by atoms with van der Waals surface area (Å²) in [5.74, 6) is 0.712. The van der Waals surface area contributed by atoms with Gasteiger partial charge in [-0.2, -0.15) is 18.2 Å². The van der Waals surface area contributed by atoms with Crippen LogP contribution in [-0.2, 0) is 6.18 Å². The third kappa shape index (κ3) is 4.70. The fourth-order valence-electron chi connectivity index (χ4n) is 3.62. The first-order chi connectivity index (χ1) is 14.8. The Kier molecular flexibility index (Phi) is 5.67. The van der Waals surface area contributed by atoms with Gasteiger partial charge in [-0.15, -0.1) is 0 Å². The van der Waals surface area contributed by atoms with Gasteiger partial charge in [0, 0.05) is 18.7 Å². The second kappa shape index (κ2) is 8.41. The molecule has 31 heavy (non-hydrogen) atoms. The van der Waals surface area contributed by atoms with E-state index in [4.69, 9.17) is 4.52 Å². The first-order valence-electron chi connectivity index (χ1n) is 9.94. The number of halogens is 3. The highest BCUT2D eigenvalue weighted by atomic mass is 19.4. The predicted molar refractivity (Wildman–Crippen MR) is 108 cm³/mol. The molecule has 0 radical (unpaired) electrons. The molecule has 1 unspecified atom stereocenters. The van der Waals surface area contributed by atoms with Gasteiger partial charge in [0.15, 0.2) is 0 Å². The molecular formula is C22H21F3N4O2. The minimum absolute atomic E-state index is 0.177. The molecule has 0 spiro atoms. The maximum Gasteiger partial charge on any atom is 0.418 e. The van der Waals surface area contributed by atoms with E-state index in [9.17, 15) is 18.0 Å². The van der Waals surface area contributed by atoms with Crippen molar-refractivity contribution in [3.63, 3.8) is 0 Å². The highest BCUT2D eigenvalue weighted by molar-refractivity contribution is 5.90. The number of carbonyl (C=O) groups excluding carboxylic acids is 1. The largest absolute Gasteiger partial charge is 0.418 e. The third-order valence-corrected chi connectivity index (χ3v) is 5.28. The maximum absolute atomic E-state index is 13.2. The number of hydrogen-bond donors (Lipinski definition) is 1. The number of nitrogens with one attached hydrogen (secondary N) is 1. The highest BCUT2D eigenvalue weighted by Gasteiger charge is 2.34. The molecular weight excluding hydrogens is 409 g/mol. The molecule has 162 valence electrons. The number of likely N-dealkylation sites (tertiary alicyclic amines) is 1. The van der Waals surface area contributed by atoms with Gasteiger partial charge in [-0.3, -0.25) is 0 Å². The Morgan fingerprint density at radius 2 is 1.90 bits per heavy atom. The second-order valence-corrected chi connectivity index (χ2v) is 7.58. The van der Waals surface area contributed by atoms with Crippen molar-refractivity contribution in [3.05, 3.63) is 65.5 Å². The summed E-state index contributed by atoms with van der Waals surface area (Å²) in [5, 5.41) is 6.43. The average Bonchev–Trinajstić information content (AvgIpc) is 3.24. The molecule has 1 fully saturated rings. The van der Waals surface area contributed by atoms with Crippen LogP contribution in [0.2, 0.25) is 0 Å². The van der Waals surface area contributed by atoms with E-state index >= 15 is 0 Å². The summed E-state index contributed by atoms with van der Waals surface area (Å²) in [5.41, 5.74) is 0.807. The van der Waals surface area contributed by atoms with E-state index in [0.29, 0.717) is 24.7 Å². The number of aryl methyl sites for hydroxylation is 1. The fraction of sp³-hybridized carbons (Fsp3) is 0.318. The fourth-order valence-corrected chi connectivity index (χ4v) is 3.62. The minimum atomic E-state index is -4.55. The molecule has 9 heteroatoms. The molecule has 2 heterocycles. The van der Waals surface area contributed by atoms with E-state index in [1.165, 1.54) is 23.1 Å². The number of para-hydroxylation sites is 1. The molecule has 1 saturated heterocycles. The molecule has 1 aliphatic heterocycles. The summed E-state index contributed by atoms with van der Waals surface area (Å²) in [4.78, 5) is 18.6. The van der Waals surface area contributed by atoms with Crippen molar-refractivity contribution in [2.24, 2.45) is 0 Å². The van der Waals surface area contributed by atoms with Crippen molar-refractivity contribution >= 4 is 11.7 Å². The maximum atomic E-state index is 13.2. The van der Waals surface area contributed by atoms with E-state index in [2.05, 4.69) is 15.5 Å². The second-order valence-electron chi connectivity index (χ2n) is 7.58. The first-order valence-corrected chi connectivity index (χ1v) is 9.94. The van der Waals surface area contributed by atoms with E-state index in [-0.39, 0.29) is 18.2 Å². The van der Waals surface area contributed by atoms with Crippen LogP contribution in [0.1, 0.15) is 35.8 Å². The van der Waals surface area contributed by atoms with Gasteiger partial charge in [0.25, 0.3) is 0 Å². The van der Waals surface area contributed by atoms with Gasteiger partial charge >= 0.3 is 12.2 Å². The Balaban J connectivity index is 1.46. The van der Waals surface area contributed by atoms with E-state index < -0.39 is 17.8 Å². The number of hydrogen-bond acceptors (Lipinski definition) is 4. The van der Waals surface area contributed by atoms with Crippen molar-refractivity contribution in [1.29, 1.82) is 0 Å². The zero-order valence-electron chi connectivity index (χ0n) is 16.8. The lowest BCUT2D eigenvalue weighted by molar-refractivity contribution is -0.136. The molecule has 1 aromatic heterocycles. The lowest BCUT2D eigenvalue weighted by Gasteiger charge is -2.31. The van der Waals surface area contributed by atoms with Crippen LogP contribution in [0.4, 0.5) is 23.7 Å². The summed E-state index contributed by atoms with van der Waals surface area (Å²) in [6, 6.07) is 12.1. The Morgan fingerprint density at radius 3 is 2.65 bits per heavy atom. The number of rotatable bonds is 3. The van der Waals surface area contributed by atoms with E-state index in [1.54, 1.807) is 0 Å². The molecule has 4 rings (SSSR count). The van der Waals surface area contributed by atoms with Gasteiger partial charge in [0.05, 0.1) is 17.2 Å². The van der Waals surface area contributed by atoms with Crippen LogP contribution < -0.4 is 5.32 Å². The van der Waals surface area contributed by atoms with Gasteiger partial charge in [0.1, 0.15) is 0 Å². The highest BCUT2D eigenvalue weighted by Crippen LogP contribution is 2.35. The molecule has 1 aliphatic rings. The predicted octanol–water partition coefficient (Wildman–Crippen LogP) is 5.48. The molecule has 1 atom stereocenters. The molecule has 0 saturated carbocycles. The van der Waals surface area contributed by atoms with Crippen LogP contribution in [0.5, 0.6) is 0 Å². The summed E-state index contributed by atoms with van der Waals surface area (Å²) in [6.07, 6.45) is -3.12. The zero-order chi connectivity index (χ0) is 22.0. The number of nitrogens with zero attached hydrogens (tertiary/aromatic N) is 3. The summed E-state index contributed by atoms with van der Waals surface area (Å²) < 4.78 is 45.0. The number of carbonyl (C=O) groups is 1. The van der Waals surface area contributed by atoms with Crippen molar-refractivity contribution in [3.8, 4) is 11.4 Å². The number of amides is 2. The minimum Gasteiger partial charge on any atom is -0.339 e. The number of aromatic nitrogens is 2. The van der Waals surface area contributed by atoms with Crippen LogP contribution in [0.15, 0.2) is 53.1 Å². The summed E-state index contributed by atoms with van der Waals surface area (Å²) in [6.45, 7) is 2.71. The molecule has 0 bridgehead atoms. The molecule has 0 aliphatic carbocycles. The van der Waals surface area contributed by atoms with Gasteiger partial charge < -0.3 is 14.7 Å². The van der Waals surface area contributed by atoms with E-state index in [0.717, 1.165) is 23.6 Å². The monoisotopic (exact) mass is 430 g/mol. The summed E-state index contributed by atoms with van der Waals surface area (Å²) in [7, 11) is 0.